The lowest BCUT2D eigenvalue weighted by Gasteiger charge is -2.11. The zero-order valence-electron chi connectivity index (χ0n) is 11.6. The van der Waals surface area contributed by atoms with E-state index in [-0.39, 0.29) is 5.56 Å². The minimum Gasteiger partial charge on any atom is -0.301 e. The van der Waals surface area contributed by atoms with Crippen LogP contribution in [0.1, 0.15) is 16.7 Å². The van der Waals surface area contributed by atoms with E-state index in [1.54, 1.807) is 4.57 Å². The van der Waals surface area contributed by atoms with Crippen LogP contribution in [0.4, 0.5) is 0 Å². The first kappa shape index (κ1) is 12.6. The van der Waals surface area contributed by atoms with Crippen molar-refractivity contribution in [2.24, 2.45) is 0 Å². The zero-order chi connectivity index (χ0) is 14.1. The van der Waals surface area contributed by atoms with E-state index in [0.29, 0.717) is 6.54 Å². The van der Waals surface area contributed by atoms with Crippen LogP contribution in [0.15, 0.2) is 53.5 Å². The fourth-order valence-electron chi connectivity index (χ4n) is 2.35. The Bertz CT molecular complexity index is 820. The molecule has 0 aliphatic heterocycles. The second kappa shape index (κ2) is 4.93. The Kier molecular flexibility index (Phi) is 3.11. The van der Waals surface area contributed by atoms with Gasteiger partial charge in [0.15, 0.2) is 0 Å². The number of aromatic nitrogens is 2. The Morgan fingerprint density at radius 3 is 2.50 bits per heavy atom. The molecule has 1 aromatic heterocycles. The van der Waals surface area contributed by atoms with Crippen molar-refractivity contribution < 1.29 is 0 Å². The van der Waals surface area contributed by atoms with Gasteiger partial charge in [0.05, 0.1) is 23.8 Å². The van der Waals surface area contributed by atoms with Crippen molar-refractivity contribution in [3.8, 4) is 0 Å². The molecule has 20 heavy (non-hydrogen) atoms. The molecule has 0 unspecified atom stereocenters. The van der Waals surface area contributed by atoms with Crippen LogP contribution in [0.3, 0.4) is 0 Å². The van der Waals surface area contributed by atoms with Gasteiger partial charge in [-0.15, -0.1) is 0 Å². The van der Waals surface area contributed by atoms with Crippen molar-refractivity contribution in [3.63, 3.8) is 0 Å². The molecule has 3 nitrogen and oxygen atoms in total. The lowest BCUT2D eigenvalue weighted by atomic mass is 10.1. The number of rotatable bonds is 2. The van der Waals surface area contributed by atoms with Gasteiger partial charge in [0.1, 0.15) is 0 Å². The van der Waals surface area contributed by atoms with Crippen LogP contribution in [0.5, 0.6) is 0 Å². The SMILES string of the molecule is Cc1cc2ncc(=O)n(Cc3ccccc3)c2cc1C. The Morgan fingerprint density at radius 2 is 1.75 bits per heavy atom. The molecule has 2 aromatic carbocycles. The van der Waals surface area contributed by atoms with E-state index in [1.807, 2.05) is 42.5 Å². The van der Waals surface area contributed by atoms with Crippen molar-refractivity contribution >= 4 is 11.0 Å². The lowest BCUT2D eigenvalue weighted by molar-refractivity contribution is 0.786. The lowest BCUT2D eigenvalue weighted by Crippen LogP contribution is -2.21. The number of hydrogen-bond acceptors (Lipinski definition) is 2. The third-order valence-corrected chi connectivity index (χ3v) is 3.65. The van der Waals surface area contributed by atoms with Gasteiger partial charge < -0.3 is 4.57 Å². The summed E-state index contributed by atoms with van der Waals surface area (Å²) in [6.07, 6.45) is 1.40. The van der Waals surface area contributed by atoms with E-state index in [0.717, 1.165) is 16.6 Å². The Balaban J connectivity index is 2.21. The van der Waals surface area contributed by atoms with Crippen LogP contribution in [-0.2, 0) is 6.54 Å². The molecule has 0 aliphatic rings. The van der Waals surface area contributed by atoms with Crippen molar-refractivity contribution in [1.29, 1.82) is 0 Å². The van der Waals surface area contributed by atoms with Crippen LogP contribution in [0.2, 0.25) is 0 Å². The largest absolute Gasteiger partial charge is 0.301 e. The fourth-order valence-corrected chi connectivity index (χ4v) is 2.35. The minimum absolute atomic E-state index is 0.0652. The normalized spacial score (nSPS) is 10.9. The standard InChI is InChI=1S/C17H16N2O/c1-12-8-15-16(9-13(12)2)19(17(20)10-18-15)11-14-6-4-3-5-7-14/h3-10H,11H2,1-2H3. The highest BCUT2D eigenvalue weighted by Crippen LogP contribution is 2.17. The van der Waals surface area contributed by atoms with Gasteiger partial charge in [-0.2, -0.15) is 0 Å². The minimum atomic E-state index is -0.0652. The highest BCUT2D eigenvalue weighted by Gasteiger charge is 2.06. The third kappa shape index (κ3) is 2.23. The summed E-state index contributed by atoms with van der Waals surface area (Å²) >= 11 is 0. The summed E-state index contributed by atoms with van der Waals surface area (Å²) in [6, 6.07) is 14.1. The Morgan fingerprint density at radius 1 is 1.05 bits per heavy atom. The van der Waals surface area contributed by atoms with E-state index in [4.69, 9.17) is 0 Å². The number of nitrogens with zero attached hydrogens (tertiary/aromatic N) is 2. The van der Waals surface area contributed by atoms with E-state index in [2.05, 4.69) is 18.8 Å². The predicted molar refractivity (Wildman–Crippen MR) is 81.0 cm³/mol. The second-order valence-corrected chi connectivity index (χ2v) is 5.09. The van der Waals surface area contributed by atoms with E-state index in [1.165, 1.54) is 17.3 Å². The topological polar surface area (TPSA) is 34.9 Å². The quantitative estimate of drug-likeness (QED) is 0.713. The maximum absolute atomic E-state index is 12.1. The van der Waals surface area contributed by atoms with Crippen LogP contribution in [0, 0.1) is 13.8 Å². The monoisotopic (exact) mass is 264 g/mol. The van der Waals surface area contributed by atoms with Crippen molar-refractivity contribution in [1.82, 2.24) is 9.55 Å². The number of hydrogen-bond donors (Lipinski definition) is 0. The zero-order valence-corrected chi connectivity index (χ0v) is 11.6. The summed E-state index contributed by atoms with van der Waals surface area (Å²) in [7, 11) is 0. The average molecular weight is 264 g/mol. The van der Waals surface area contributed by atoms with Crippen molar-refractivity contribution in [2.75, 3.05) is 0 Å². The molecule has 0 aliphatic carbocycles. The van der Waals surface area contributed by atoms with E-state index < -0.39 is 0 Å². The van der Waals surface area contributed by atoms with Crippen LogP contribution >= 0.6 is 0 Å². The molecule has 0 bridgehead atoms. The van der Waals surface area contributed by atoms with Gasteiger partial charge in [-0.3, -0.25) is 4.79 Å². The van der Waals surface area contributed by atoms with E-state index in [9.17, 15) is 4.79 Å². The van der Waals surface area contributed by atoms with Crippen LogP contribution in [-0.4, -0.2) is 9.55 Å². The summed E-state index contributed by atoms with van der Waals surface area (Å²) in [5.41, 5.74) is 5.17. The smallest absolute Gasteiger partial charge is 0.269 e. The molecule has 0 saturated carbocycles. The highest BCUT2D eigenvalue weighted by molar-refractivity contribution is 5.76. The van der Waals surface area contributed by atoms with Gasteiger partial charge in [-0.25, -0.2) is 4.98 Å². The first-order chi connectivity index (χ1) is 9.65. The molecule has 0 saturated heterocycles. The maximum Gasteiger partial charge on any atom is 0.269 e. The molecule has 0 spiro atoms. The molecule has 0 amide bonds. The Labute approximate surface area is 117 Å². The van der Waals surface area contributed by atoms with Gasteiger partial charge in [0.2, 0.25) is 0 Å². The third-order valence-electron chi connectivity index (χ3n) is 3.65. The molecule has 100 valence electrons. The molecule has 0 fully saturated rings. The average Bonchev–Trinajstić information content (AvgIpc) is 2.45. The summed E-state index contributed by atoms with van der Waals surface area (Å²) < 4.78 is 1.78. The molecule has 0 atom stereocenters. The van der Waals surface area contributed by atoms with Crippen molar-refractivity contribution in [2.45, 2.75) is 20.4 Å². The summed E-state index contributed by atoms with van der Waals surface area (Å²) in [6.45, 7) is 4.68. The van der Waals surface area contributed by atoms with Gasteiger partial charge in [0.25, 0.3) is 5.56 Å². The number of fused-ring (bicyclic) bond motifs is 1. The molecule has 0 radical (unpaired) electrons. The number of benzene rings is 2. The van der Waals surface area contributed by atoms with Gasteiger partial charge >= 0.3 is 0 Å². The van der Waals surface area contributed by atoms with Gasteiger partial charge in [-0.05, 0) is 42.7 Å². The highest BCUT2D eigenvalue weighted by atomic mass is 16.1. The molecule has 3 rings (SSSR count). The van der Waals surface area contributed by atoms with Gasteiger partial charge in [0, 0.05) is 0 Å². The molecular formula is C17H16N2O. The molecule has 0 N–H and O–H groups in total. The first-order valence-electron chi connectivity index (χ1n) is 6.66. The molecule has 3 aromatic rings. The van der Waals surface area contributed by atoms with E-state index >= 15 is 0 Å². The first-order valence-corrected chi connectivity index (χ1v) is 6.66. The predicted octanol–water partition coefficient (Wildman–Crippen LogP) is 3.06. The van der Waals surface area contributed by atoms with Gasteiger partial charge in [-0.1, -0.05) is 30.3 Å². The van der Waals surface area contributed by atoms with Crippen LogP contribution < -0.4 is 5.56 Å². The summed E-state index contributed by atoms with van der Waals surface area (Å²) in [5.74, 6) is 0. The summed E-state index contributed by atoms with van der Waals surface area (Å²) in [4.78, 5) is 16.4. The number of aryl methyl sites for hydroxylation is 2. The summed E-state index contributed by atoms with van der Waals surface area (Å²) in [5, 5.41) is 0. The second-order valence-electron chi connectivity index (χ2n) is 5.09. The molecule has 3 heteroatoms. The van der Waals surface area contributed by atoms with Crippen molar-refractivity contribution in [3.05, 3.63) is 75.7 Å². The maximum atomic E-state index is 12.1. The van der Waals surface area contributed by atoms with Crippen LogP contribution in [0.25, 0.3) is 11.0 Å². The fraction of sp³-hybridized carbons (Fsp3) is 0.176. The molecular weight excluding hydrogens is 248 g/mol. The Hall–Kier alpha value is -2.42. The molecule has 1 heterocycles.